The van der Waals surface area contributed by atoms with Gasteiger partial charge in [0.25, 0.3) is 0 Å². The van der Waals surface area contributed by atoms with E-state index >= 15 is 0 Å². The Balaban J connectivity index is 2.25. The highest BCUT2D eigenvalue weighted by atomic mass is 16.3. The predicted octanol–water partition coefficient (Wildman–Crippen LogP) is 0.425. The van der Waals surface area contributed by atoms with Gasteiger partial charge in [-0.3, -0.25) is 0 Å². The van der Waals surface area contributed by atoms with Crippen LogP contribution >= 0.6 is 0 Å². The van der Waals surface area contributed by atoms with Gasteiger partial charge >= 0.3 is 0 Å². The highest BCUT2D eigenvalue weighted by Gasteiger charge is 2.03. The van der Waals surface area contributed by atoms with Crippen LogP contribution < -0.4 is 5.73 Å². The summed E-state index contributed by atoms with van der Waals surface area (Å²) in [5.74, 6) is 0. The summed E-state index contributed by atoms with van der Waals surface area (Å²) in [5.41, 5.74) is 8.72. The lowest BCUT2D eigenvalue weighted by atomic mass is 10.1. The van der Waals surface area contributed by atoms with Crippen LogP contribution in [0.3, 0.4) is 0 Å². The van der Waals surface area contributed by atoms with Crippen LogP contribution in [0, 0.1) is 0 Å². The summed E-state index contributed by atoms with van der Waals surface area (Å²) in [5, 5.41) is 8.82. The standard InChI is InChI=1S/C10H13N3O/c11-8(5-14)3-7-1-2-9-10(4-7)13-6-12-9/h1-2,4,6,8,14H,3,5,11H2,(H,12,13). The summed E-state index contributed by atoms with van der Waals surface area (Å²) in [7, 11) is 0. The molecule has 4 nitrogen and oxygen atoms in total. The number of aromatic nitrogens is 2. The van der Waals surface area contributed by atoms with E-state index in [1.54, 1.807) is 6.33 Å². The van der Waals surface area contributed by atoms with Gasteiger partial charge in [-0.25, -0.2) is 4.98 Å². The fourth-order valence-corrected chi connectivity index (χ4v) is 1.48. The van der Waals surface area contributed by atoms with Gasteiger partial charge in [-0.2, -0.15) is 0 Å². The summed E-state index contributed by atoms with van der Waals surface area (Å²) >= 11 is 0. The minimum absolute atomic E-state index is 0.0149. The van der Waals surface area contributed by atoms with E-state index < -0.39 is 0 Å². The molecule has 0 radical (unpaired) electrons. The van der Waals surface area contributed by atoms with Crippen molar-refractivity contribution in [2.45, 2.75) is 12.5 Å². The van der Waals surface area contributed by atoms with E-state index in [0.717, 1.165) is 16.6 Å². The molecule has 1 atom stereocenters. The van der Waals surface area contributed by atoms with E-state index in [4.69, 9.17) is 10.8 Å². The number of nitrogens with one attached hydrogen (secondary N) is 1. The number of hydrogen-bond donors (Lipinski definition) is 3. The Bertz CT molecular complexity index is 424. The van der Waals surface area contributed by atoms with Crippen LogP contribution in [0.25, 0.3) is 11.0 Å². The molecule has 0 aliphatic rings. The third-order valence-corrected chi connectivity index (χ3v) is 2.22. The number of nitrogens with zero attached hydrogens (tertiary/aromatic N) is 1. The maximum absolute atomic E-state index is 8.82. The molecule has 1 unspecified atom stereocenters. The number of imidazole rings is 1. The van der Waals surface area contributed by atoms with Crippen molar-refractivity contribution in [3.63, 3.8) is 0 Å². The lowest BCUT2D eigenvalue weighted by Crippen LogP contribution is -2.26. The molecular formula is C10H13N3O. The molecule has 0 fully saturated rings. The van der Waals surface area contributed by atoms with Gasteiger partial charge in [-0.05, 0) is 24.1 Å². The van der Waals surface area contributed by atoms with Crippen molar-refractivity contribution in [2.24, 2.45) is 5.73 Å². The van der Waals surface area contributed by atoms with Crippen LogP contribution in [0.4, 0.5) is 0 Å². The molecule has 2 rings (SSSR count). The number of aromatic amines is 1. The molecule has 0 saturated carbocycles. The molecule has 0 amide bonds. The molecule has 1 aromatic carbocycles. The fraction of sp³-hybridized carbons (Fsp3) is 0.300. The van der Waals surface area contributed by atoms with E-state index in [1.807, 2.05) is 18.2 Å². The van der Waals surface area contributed by atoms with Crippen LogP contribution in [-0.4, -0.2) is 27.7 Å². The smallest absolute Gasteiger partial charge is 0.0931 e. The summed E-state index contributed by atoms with van der Waals surface area (Å²) in [6, 6.07) is 5.76. The van der Waals surface area contributed by atoms with Gasteiger partial charge in [0.1, 0.15) is 0 Å². The molecule has 14 heavy (non-hydrogen) atoms. The molecule has 0 spiro atoms. The normalized spacial score (nSPS) is 13.3. The molecular weight excluding hydrogens is 178 g/mol. The first-order chi connectivity index (χ1) is 6.79. The zero-order valence-corrected chi connectivity index (χ0v) is 7.77. The van der Waals surface area contributed by atoms with E-state index in [1.165, 1.54) is 0 Å². The number of hydrogen-bond acceptors (Lipinski definition) is 3. The van der Waals surface area contributed by atoms with Crippen LogP contribution in [0.2, 0.25) is 0 Å². The Morgan fingerprint density at radius 2 is 2.36 bits per heavy atom. The van der Waals surface area contributed by atoms with E-state index in [2.05, 4.69) is 9.97 Å². The van der Waals surface area contributed by atoms with Gasteiger partial charge in [0, 0.05) is 6.04 Å². The molecule has 0 aliphatic carbocycles. The molecule has 4 N–H and O–H groups in total. The van der Waals surface area contributed by atoms with Gasteiger partial charge < -0.3 is 15.8 Å². The van der Waals surface area contributed by atoms with Gasteiger partial charge in [-0.1, -0.05) is 6.07 Å². The van der Waals surface area contributed by atoms with Gasteiger partial charge in [0.15, 0.2) is 0 Å². The Kier molecular flexibility index (Phi) is 2.47. The summed E-state index contributed by atoms with van der Waals surface area (Å²) in [6.45, 7) is 0.0149. The zero-order chi connectivity index (χ0) is 9.97. The van der Waals surface area contributed by atoms with Crippen LogP contribution in [-0.2, 0) is 6.42 Å². The Morgan fingerprint density at radius 3 is 3.14 bits per heavy atom. The van der Waals surface area contributed by atoms with Crippen molar-refractivity contribution in [1.29, 1.82) is 0 Å². The average Bonchev–Trinajstić information content (AvgIpc) is 2.64. The second-order valence-corrected chi connectivity index (χ2v) is 3.40. The van der Waals surface area contributed by atoms with Gasteiger partial charge in [-0.15, -0.1) is 0 Å². The van der Waals surface area contributed by atoms with E-state index in [-0.39, 0.29) is 12.6 Å². The second-order valence-electron chi connectivity index (χ2n) is 3.40. The molecule has 0 aliphatic heterocycles. The first kappa shape index (κ1) is 9.18. The van der Waals surface area contributed by atoms with Crippen molar-refractivity contribution in [2.75, 3.05) is 6.61 Å². The number of aliphatic hydroxyl groups excluding tert-OH is 1. The summed E-state index contributed by atoms with van der Waals surface area (Å²) < 4.78 is 0. The first-order valence-corrected chi connectivity index (χ1v) is 4.58. The van der Waals surface area contributed by atoms with Crippen molar-refractivity contribution in [3.8, 4) is 0 Å². The fourth-order valence-electron chi connectivity index (χ4n) is 1.48. The van der Waals surface area contributed by atoms with Gasteiger partial charge in [0.2, 0.25) is 0 Å². The molecule has 4 heteroatoms. The van der Waals surface area contributed by atoms with Crippen LogP contribution in [0.1, 0.15) is 5.56 Å². The van der Waals surface area contributed by atoms with Crippen molar-refractivity contribution in [3.05, 3.63) is 30.1 Å². The minimum atomic E-state index is -0.185. The minimum Gasteiger partial charge on any atom is -0.395 e. The predicted molar refractivity (Wildman–Crippen MR) is 54.9 cm³/mol. The summed E-state index contributed by atoms with van der Waals surface area (Å²) in [6.07, 6.45) is 2.35. The first-order valence-electron chi connectivity index (χ1n) is 4.58. The van der Waals surface area contributed by atoms with Crippen LogP contribution in [0.15, 0.2) is 24.5 Å². The zero-order valence-electron chi connectivity index (χ0n) is 7.77. The molecule has 1 heterocycles. The number of nitrogens with two attached hydrogens (primary N) is 1. The van der Waals surface area contributed by atoms with Crippen LogP contribution in [0.5, 0.6) is 0 Å². The molecule has 0 saturated heterocycles. The highest BCUT2D eigenvalue weighted by molar-refractivity contribution is 5.75. The quantitative estimate of drug-likeness (QED) is 0.658. The molecule has 0 bridgehead atoms. The van der Waals surface area contributed by atoms with E-state index in [9.17, 15) is 0 Å². The average molecular weight is 191 g/mol. The monoisotopic (exact) mass is 191 g/mol. The molecule has 1 aromatic heterocycles. The van der Waals surface area contributed by atoms with E-state index in [0.29, 0.717) is 6.42 Å². The maximum Gasteiger partial charge on any atom is 0.0931 e. The lowest BCUT2D eigenvalue weighted by Gasteiger charge is -2.07. The Morgan fingerprint density at radius 1 is 1.50 bits per heavy atom. The maximum atomic E-state index is 8.82. The van der Waals surface area contributed by atoms with Gasteiger partial charge in [0.05, 0.1) is 24.0 Å². The number of benzene rings is 1. The second kappa shape index (κ2) is 3.77. The topological polar surface area (TPSA) is 74.9 Å². The number of aliphatic hydroxyl groups is 1. The van der Waals surface area contributed by atoms with Crippen molar-refractivity contribution < 1.29 is 5.11 Å². The summed E-state index contributed by atoms with van der Waals surface area (Å²) in [4.78, 5) is 7.16. The van der Waals surface area contributed by atoms with Crippen molar-refractivity contribution >= 4 is 11.0 Å². The third kappa shape index (κ3) is 1.76. The molecule has 74 valence electrons. The SMILES string of the molecule is NC(CO)Cc1ccc2nc[nH]c2c1. The number of fused-ring (bicyclic) bond motifs is 1. The van der Waals surface area contributed by atoms with Crippen molar-refractivity contribution in [1.82, 2.24) is 9.97 Å². The third-order valence-electron chi connectivity index (χ3n) is 2.22. The Hall–Kier alpha value is -1.39. The highest BCUT2D eigenvalue weighted by Crippen LogP contribution is 2.12. The lowest BCUT2D eigenvalue weighted by molar-refractivity contribution is 0.265. The largest absolute Gasteiger partial charge is 0.395 e. The number of H-pyrrole nitrogens is 1. The number of rotatable bonds is 3. The molecule has 2 aromatic rings. The Labute approximate surface area is 81.8 Å².